The number of hydrogen-bond donors (Lipinski definition) is 0. The third-order valence-corrected chi connectivity index (χ3v) is 4.50. The Morgan fingerprint density at radius 3 is 2.64 bits per heavy atom. The normalized spacial score (nSPS) is 17.2. The Morgan fingerprint density at radius 1 is 1.20 bits per heavy atom. The monoisotopic (exact) mass is 341 g/mol. The predicted molar refractivity (Wildman–Crippen MR) is 92.7 cm³/mol. The summed E-state index contributed by atoms with van der Waals surface area (Å²) in [5.74, 6) is -0.696. The highest BCUT2D eigenvalue weighted by Gasteiger charge is 2.34. The molecule has 0 spiro atoms. The van der Waals surface area contributed by atoms with Gasteiger partial charge in [0.2, 0.25) is 5.91 Å². The number of anilines is 1. The molecule has 1 aliphatic rings. The SMILES string of the molecule is CN(C(=O)[C@@H]1CCCCN1C(=O)c1cccnc1)c1ccc(F)cc1. The van der Waals surface area contributed by atoms with E-state index in [0.717, 1.165) is 12.8 Å². The highest BCUT2D eigenvalue weighted by atomic mass is 19.1. The molecule has 1 aromatic heterocycles. The second-order valence-electron chi connectivity index (χ2n) is 6.13. The lowest BCUT2D eigenvalue weighted by Gasteiger charge is -2.36. The van der Waals surface area contributed by atoms with E-state index in [9.17, 15) is 14.0 Å². The Bertz CT molecular complexity index is 749. The van der Waals surface area contributed by atoms with E-state index >= 15 is 0 Å². The van der Waals surface area contributed by atoms with Crippen LogP contribution in [0.4, 0.5) is 10.1 Å². The molecule has 0 unspecified atom stereocenters. The van der Waals surface area contributed by atoms with E-state index in [2.05, 4.69) is 4.98 Å². The van der Waals surface area contributed by atoms with Crippen molar-refractivity contribution in [2.24, 2.45) is 0 Å². The summed E-state index contributed by atoms with van der Waals surface area (Å²) in [7, 11) is 1.65. The number of piperidine rings is 1. The quantitative estimate of drug-likeness (QED) is 0.863. The number of hydrogen-bond acceptors (Lipinski definition) is 3. The van der Waals surface area contributed by atoms with Crippen LogP contribution in [0.25, 0.3) is 0 Å². The number of nitrogens with zero attached hydrogens (tertiary/aromatic N) is 3. The van der Waals surface area contributed by atoms with E-state index < -0.39 is 6.04 Å². The van der Waals surface area contributed by atoms with Crippen molar-refractivity contribution in [2.45, 2.75) is 25.3 Å². The number of carbonyl (C=O) groups excluding carboxylic acids is 2. The first kappa shape index (κ1) is 17.1. The summed E-state index contributed by atoms with van der Waals surface area (Å²) in [5, 5.41) is 0. The fourth-order valence-corrected chi connectivity index (χ4v) is 3.10. The Labute approximate surface area is 146 Å². The first-order chi connectivity index (χ1) is 12.1. The van der Waals surface area contributed by atoms with Gasteiger partial charge in [0.05, 0.1) is 5.56 Å². The maximum atomic E-state index is 13.1. The van der Waals surface area contributed by atoms with Gasteiger partial charge in [-0.3, -0.25) is 14.6 Å². The van der Waals surface area contributed by atoms with Gasteiger partial charge in [-0.2, -0.15) is 0 Å². The molecular weight excluding hydrogens is 321 g/mol. The average molecular weight is 341 g/mol. The van der Waals surface area contributed by atoms with Crippen LogP contribution in [0.15, 0.2) is 48.8 Å². The number of likely N-dealkylation sites (tertiary alicyclic amines) is 1. The van der Waals surface area contributed by atoms with Crippen molar-refractivity contribution >= 4 is 17.5 Å². The largest absolute Gasteiger partial charge is 0.327 e. The van der Waals surface area contributed by atoms with Gasteiger partial charge in [-0.25, -0.2) is 4.39 Å². The smallest absolute Gasteiger partial charge is 0.256 e. The van der Waals surface area contributed by atoms with Gasteiger partial charge < -0.3 is 9.80 Å². The van der Waals surface area contributed by atoms with E-state index in [-0.39, 0.29) is 17.6 Å². The van der Waals surface area contributed by atoms with Crippen LogP contribution in [0.1, 0.15) is 29.6 Å². The third kappa shape index (κ3) is 3.68. The molecular formula is C19H20FN3O2. The van der Waals surface area contributed by atoms with Crippen molar-refractivity contribution in [3.05, 3.63) is 60.2 Å². The highest BCUT2D eigenvalue weighted by Crippen LogP contribution is 2.23. The van der Waals surface area contributed by atoms with Crippen LogP contribution in [-0.2, 0) is 4.79 Å². The van der Waals surface area contributed by atoms with Gasteiger partial charge in [-0.1, -0.05) is 0 Å². The van der Waals surface area contributed by atoms with Crippen LogP contribution in [-0.4, -0.2) is 41.3 Å². The molecule has 0 aliphatic carbocycles. The van der Waals surface area contributed by atoms with Gasteiger partial charge in [0, 0.05) is 31.7 Å². The minimum Gasteiger partial charge on any atom is -0.327 e. The summed E-state index contributed by atoms with van der Waals surface area (Å²) in [6, 6.07) is 8.65. The number of pyridine rings is 1. The molecule has 5 nitrogen and oxygen atoms in total. The summed E-state index contributed by atoms with van der Waals surface area (Å²) in [6.07, 6.45) is 5.51. The van der Waals surface area contributed by atoms with E-state index in [1.807, 2.05) is 0 Å². The van der Waals surface area contributed by atoms with Gasteiger partial charge in [0.1, 0.15) is 11.9 Å². The summed E-state index contributed by atoms with van der Waals surface area (Å²) >= 11 is 0. The first-order valence-electron chi connectivity index (χ1n) is 8.32. The fourth-order valence-electron chi connectivity index (χ4n) is 3.10. The molecule has 0 bridgehead atoms. The van der Waals surface area contributed by atoms with Crippen LogP contribution in [0.3, 0.4) is 0 Å². The number of carbonyl (C=O) groups is 2. The first-order valence-corrected chi connectivity index (χ1v) is 8.32. The Balaban J connectivity index is 1.81. The second-order valence-corrected chi connectivity index (χ2v) is 6.13. The number of benzene rings is 1. The van der Waals surface area contributed by atoms with Crippen LogP contribution in [0.2, 0.25) is 0 Å². The van der Waals surface area contributed by atoms with E-state index in [1.54, 1.807) is 42.4 Å². The van der Waals surface area contributed by atoms with E-state index in [0.29, 0.717) is 24.2 Å². The molecule has 1 saturated heterocycles. The van der Waals surface area contributed by atoms with Gasteiger partial charge in [-0.05, 0) is 55.7 Å². The van der Waals surface area contributed by atoms with Crippen LogP contribution < -0.4 is 4.90 Å². The molecule has 2 aromatic rings. The lowest BCUT2D eigenvalue weighted by atomic mass is 9.99. The molecule has 6 heteroatoms. The number of amides is 2. The minimum absolute atomic E-state index is 0.163. The lowest BCUT2D eigenvalue weighted by Crippen LogP contribution is -2.52. The van der Waals surface area contributed by atoms with Crippen LogP contribution in [0, 0.1) is 5.82 Å². The van der Waals surface area contributed by atoms with E-state index in [1.165, 1.54) is 23.2 Å². The fraction of sp³-hybridized carbons (Fsp3) is 0.316. The van der Waals surface area contributed by atoms with Crippen LogP contribution in [0.5, 0.6) is 0 Å². The van der Waals surface area contributed by atoms with Crippen molar-refractivity contribution in [1.82, 2.24) is 9.88 Å². The third-order valence-electron chi connectivity index (χ3n) is 4.50. The van der Waals surface area contributed by atoms with Gasteiger partial charge >= 0.3 is 0 Å². The molecule has 25 heavy (non-hydrogen) atoms. The molecule has 2 heterocycles. The van der Waals surface area contributed by atoms with Gasteiger partial charge in [0.15, 0.2) is 0 Å². The standard InChI is InChI=1S/C19H20FN3O2/c1-22(16-9-7-15(20)8-10-16)19(25)17-6-2-3-12-23(17)18(24)14-5-4-11-21-13-14/h4-5,7-11,13,17H,2-3,6,12H2,1H3/t17-/m0/s1. The molecule has 3 rings (SSSR count). The zero-order valence-corrected chi connectivity index (χ0v) is 14.1. The Hall–Kier alpha value is -2.76. The minimum atomic E-state index is -0.517. The van der Waals surface area contributed by atoms with Crippen molar-refractivity contribution in [1.29, 1.82) is 0 Å². The highest BCUT2D eigenvalue weighted by molar-refractivity contribution is 6.02. The van der Waals surface area contributed by atoms with Crippen molar-refractivity contribution in [2.75, 3.05) is 18.5 Å². The summed E-state index contributed by atoms with van der Waals surface area (Å²) < 4.78 is 13.1. The maximum Gasteiger partial charge on any atom is 0.256 e. The Morgan fingerprint density at radius 2 is 1.96 bits per heavy atom. The summed E-state index contributed by atoms with van der Waals surface area (Å²) in [4.78, 5) is 32.8. The predicted octanol–water partition coefficient (Wildman–Crippen LogP) is 2.88. The molecule has 130 valence electrons. The molecule has 1 atom stereocenters. The number of rotatable bonds is 3. The van der Waals surface area contributed by atoms with Crippen molar-refractivity contribution < 1.29 is 14.0 Å². The van der Waals surface area contributed by atoms with Gasteiger partial charge in [-0.15, -0.1) is 0 Å². The molecule has 1 aliphatic heterocycles. The molecule has 1 aromatic carbocycles. The topological polar surface area (TPSA) is 53.5 Å². The number of halogens is 1. The summed E-state index contributed by atoms with van der Waals surface area (Å²) in [6.45, 7) is 0.543. The lowest BCUT2D eigenvalue weighted by molar-refractivity contribution is -0.123. The van der Waals surface area contributed by atoms with E-state index in [4.69, 9.17) is 0 Å². The molecule has 1 fully saturated rings. The summed E-state index contributed by atoms with van der Waals surface area (Å²) in [5.41, 5.74) is 1.08. The molecule has 0 saturated carbocycles. The number of aromatic nitrogens is 1. The molecule has 0 radical (unpaired) electrons. The van der Waals surface area contributed by atoms with Crippen molar-refractivity contribution in [3.63, 3.8) is 0 Å². The zero-order chi connectivity index (χ0) is 17.8. The molecule has 0 N–H and O–H groups in total. The number of likely N-dealkylation sites (N-methyl/N-ethyl adjacent to an activating group) is 1. The second kappa shape index (κ2) is 7.42. The Kier molecular flexibility index (Phi) is 5.07. The van der Waals surface area contributed by atoms with Crippen molar-refractivity contribution in [3.8, 4) is 0 Å². The zero-order valence-electron chi connectivity index (χ0n) is 14.1. The average Bonchev–Trinajstić information content (AvgIpc) is 2.67. The maximum absolute atomic E-state index is 13.1. The van der Waals surface area contributed by atoms with Crippen LogP contribution >= 0.6 is 0 Å². The molecule has 2 amide bonds. The van der Waals surface area contributed by atoms with Gasteiger partial charge in [0.25, 0.3) is 5.91 Å².